The van der Waals surface area contributed by atoms with Crippen LogP contribution >= 0.6 is 0 Å². The largest absolute Gasteiger partial charge is 0.474 e. The molecule has 5 rings (SSSR count). The summed E-state index contributed by atoms with van der Waals surface area (Å²) in [5, 5.41) is 2.78. The summed E-state index contributed by atoms with van der Waals surface area (Å²) >= 11 is 0. The van der Waals surface area contributed by atoms with Crippen LogP contribution in [0.15, 0.2) is 30.9 Å². The molecule has 3 heterocycles. The second-order valence-corrected chi connectivity index (χ2v) is 8.42. The van der Waals surface area contributed by atoms with E-state index in [1.165, 1.54) is 4.90 Å². The molecule has 2 saturated carbocycles. The maximum Gasteiger partial charge on any atom is 0.325 e. The molecule has 4 amide bonds. The highest BCUT2D eigenvalue weighted by molar-refractivity contribution is 6.04. The molecule has 2 aliphatic carbocycles. The molecule has 2 aromatic heterocycles. The van der Waals surface area contributed by atoms with Crippen molar-refractivity contribution in [2.45, 2.75) is 50.3 Å². The smallest absolute Gasteiger partial charge is 0.325 e. The van der Waals surface area contributed by atoms with Crippen molar-refractivity contribution in [2.24, 2.45) is 11.1 Å². The first kappa shape index (κ1) is 18.6. The number of amides is 4. The first-order chi connectivity index (χ1) is 14.4. The number of carbonyl (C=O) groups is 3. The minimum absolute atomic E-state index is 0.0461. The normalized spacial score (nSPS) is 30.0. The van der Waals surface area contributed by atoms with Crippen molar-refractivity contribution in [2.75, 3.05) is 0 Å². The Morgan fingerprint density at radius 1 is 1.30 bits per heavy atom. The van der Waals surface area contributed by atoms with Gasteiger partial charge in [0.1, 0.15) is 17.7 Å². The summed E-state index contributed by atoms with van der Waals surface area (Å²) in [4.78, 5) is 49.0. The molecule has 10 nitrogen and oxygen atoms in total. The number of aromatic nitrogens is 3. The number of imide groups is 1. The molecule has 3 fully saturated rings. The van der Waals surface area contributed by atoms with E-state index in [9.17, 15) is 14.4 Å². The van der Waals surface area contributed by atoms with Gasteiger partial charge in [0.2, 0.25) is 5.88 Å². The van der Waals surface area contributed by atoms with Crippen LogP contribution < -0.4 is 15.8 Å². The number of nitrogens with one attached hydrogen (secondary N) is 2. The lowest BCUT2D eigenvalue weighted by molar-refractivity contribution is -0.140. The maximum absolute atomic E-state index is 12.7. The molecule has 10 heteroatoms. The van der Waals surface area contributed by atoms with E-state index in [0.29, 0.717) is 6.42 Å². The molecule has 1 spiro atoms. The van der Waals surface area contributed by atoms with Crippen LogP contribution in [-0.4, -0.2) is 55.9 Å². The lowest BCUT2D eigenvalue weighted by Crippen LogP contribution is -2.60. The molecule has 4 N–H and O–H groups in total. The summed E-state index contributed by atoms with van der Waals surface area (Å²) in [5.41, 5.74) is 6.53. The van der Waals surface area contributed by atoms with Crippen molar-refractivity contribution in [1.82, 2.24) is 25.2 Å². The number of primary amides is 1. The quantitative estimate of drug-likeness (QED) is 0.600. The number of nitrogens with two attached hydrogens (primary N) is 1. The molecule has 2 aromatic rings. The molecule has 0 aromatic carbocycles. The van der Waals surface area contributed by atoms with Crippen LogP contribution in [0.1, 0.15) is 41.7 Å². The second-order valence-electron chi connectivity index (χ2n) is 8.42. The van der Waals surface area contributed by atoms with Crippen LogP contribution in [0.5, 0.6) is 5.88 Å². The monoisotopic (exact) mass is 410 g/mol. The van der Waals surface area contributed by atoms with Crippen molar-refractivity contribution in [3.8, 4) is 5.88 Å². The number of H-pyrrole nitrogens is 1. The summed E-state index contributed by atoms with van der Waals surface area (Å²) in [6.07, 6.45) is 8.28. The van der Waals surface area contributed by atoms with E-state index < -0.39 is 11.9 Å². The van der Waals surface area contributed by atoms with Crippen LogP contribution in [0.2, 0.25) is 0 Å². The van der Waals surface area contributed by atoms with Gasteiger partial charge in [0.15, 0.2) is 0 Å². The Bertz CT molecular complexity index is 992. The van der Waals surface area contributed by atoms with Crippen LogP contribution in [0.25, 0.3) is 0 Å². The van der Waals surface area contributed by atoms with E-state index >= 15 is 0 Å². The number of hydrogen-bond acceptors (Lipinski definition) is 6. The van der Waals surface area contributed by atoms with E-state index in [2.05, 4.69) is 20.3 Å². The van der Waals surface area contributed by atoms with Gasteiger partial charge in [-0.05, 0) is 43.2 Å². The van der Waals surface area contributed by atoms with Crippen molar-refractivity contribution < 1.29 is 19.1 Å². The zero-order chi connectivity index (χ0) is 20.9. The molecular formula is C20H22N6O4. The van der Waals surface area contributed by atoms with E-state index in [1.54, 1.807) is 30.9 Å². The van der Waals surface area contributed by atoms with Crippen molar-refractivity contribution in [3.63, 3.8) is 0 Å². The molecule has 1 aliphatic heterocycles. The van der Waals surface area contributed by atoms with Crippen LogP contribution in [-0.2, 0) is 11.2 Å². The minimum atomic E-state index is -0.570. The van der Waals surface area contributed by atoms with Gasteiger partial charge in [0.25, 0.3) is 11.8 Å². The second kappa shape index (κ2) is 6.82. The first-order valence-electron chi connectivity index (χ1n) is 9.96. The number of hydrogen-bond donors (Lipinski definition) is 3. The highest BCUT2D eigenvalue weighted by atomic mass is 16.5. The summed E-state index contributed by atoms with van der Waals surface area (Å²) < 4.78 is 5.87. The van der Waals surface area contributed by atoms with E-state index in [0.717, 1.165) is 31.4 Å². The fraction of sp³-hybridized carbons (Fsp3) is 0.450. The highest BCUT2D eigenvalue weighted by Crippen LogP contribution is 2.58. The van der Waals surface area contributed by atoms with E-state index in [-0.39, 0.29) is 40.9 Å². The van der Waals surface area contributed by atoms with Crippen LogP contribution in [0.3, 0.4) is 0 Å². The first-order valence-corrected chi connectivity index (χ1v) is 9.96. The topological polar surface area (TPSA) is 143 Å². The van der Waals surface area contributed by atoms with Crippen molar-refractivity contribution >= 4 is 17.8 Å². The van der Waals surface area contributed by atoms with Gasteiger partial charge in [-0.15, -0.1) is 0 Å². The van der Waals surface area contributed by atoms with E-state index in [4.69, 9.17) is 10.5 Å². The predicted octanol–water partition coefficient (Wildman–Crippen LogP) is 0.757. The zero-order valence-corrected chi connectivity index (χ0v) is 16.2. The fourth-order valence-corrected chi connectivity index (χ4v) is 4.92. The maximum atomic E-state index is 12.7. The highest BCUT2D eigenvalue weighted by Gasteiger charge is 2.58. The molecule has 30 heavy (non-hydrogen) atoms. The molecular weight excluding hydrogens is 388 g/mol. The number of pyridine rings is 1. The van der Waals surface area contributed by atoms with Gasteiger partial charge in [0.05, 0.1) is 6.33 Å². The van der Waals surface area contributed by atoms with Gasteiger partial charge in [-0.3, -0.25) is 14.5 Å². The van der Waals surface area contributed by atoms with Crippen LogP contribution in [0.4, 0.5) is 4.79 Å². The molecule has 3 aliphatic rings. The van der Waals surface area contributed by atoms with E-state index in [1.807, 2.05) is 0 Å². The number of ether oxygens (including phenoxy) is 1. The Balaban J connectivity index is 1.15. The number of carbonyl (C=O) groups excluding carboxylic acids is 3. The minimum Gasteiger partial charge on any atom is -0.474 e. The van der Waals surface area contributed by atoms with Gasteiger partial charge in [-0.2, -0.15) is 0 Å². The Kier molecular flexibility index (Phi) is 4.23. The lowest BCUT2D eigenvalue weighted by atomic mass is 9.52. The number of imidazole rings is 1. The van der Waals surface area contributed by atoms with Crippen molar-refractivity contribution in [3.05, 3.63) is 42.1 Å². The Morgan fingerprint density at radius 2 is 2.10 bits per heavy atom. The fourth-order valence-electron chi connectivity index (χ4n) is 4.92. The summed E-state index contributed by atoms with van der Waals surface area (Å²) in [6.45, 7) is 0. The van der Waals surface area contributed by atoms with Crippen LogP contribution in [0, 0.1) is 5.41 Å². The molecule has 1 saturated heterocycles. The average Bonchev–Trinajstić information content (AvgIpc) is 3.25. The summed E-state index contributed by atoms with van der Waals surface area (Å²) in [6, 6.07) is 2.28. The third kappa shape index (κ3) is 3.08. The number of nitrogens with zero attached hydrogens (tertiary/aromatic N) is 3. The molecule has 1 atom stereocenters. The van der Waals surface area contributed by atoms with Gasteiger partial charge < -0.3 is 20.8 Å². The molecule has 156 valence electrons. The van der Waals surface area contributed by atoms with Gasteiger partial charge in [0, 0.05) is 30.6 Å². The summed E-state index contributed by atoms with van der Waals surface area (Å²) in [7, 11) is 0. The number of urea groups is 1. The molecule has 0 radical (unpaired) electrons. The SMILES string of the molecule is NC(=O)c1cccnc1OC1CC2(C1)CC(N1C(=O)NC(Cc3cnc[nH]3)C1=O)C2. The Hall–Kier alpha value is -3.43. The average molecular weight is 410 g/mol. The van der Waals surface area contributed by atoms with Gasteiger partial charge >= 0.3 is 6.03 Å². The molecule has 0 bridgehead atoms. The van der Waals surface area contributed by atoms with Gasteiger partial charge in [-0.1, -0.05) is 0 Å². The Morgan fingerprint density at radius 3 is 2.80 bits per heavy atom. The molecule has 1 unspecified atom stereocenters. The third-order valence-electron chi connectivity index (χ3n) is 6.37. The Labute approximate surface area is 172 Å². The standard InChI is InChI=1S/C20H22N6O4/c21-16(27)14-2-1-3-23-17(14)30-13-7-20(8-13)5-12(6-20)26-18(28)15(25-19(26)29)4-11-9-22-10-24-11/h1-3,9-10,12-13,15H,4-8H2,(H2,21,27)(H,22,24)(H,25,29). The zero-order valence-electron chi connectivity index (χ0n) is 16.2. The number of aromatic amines is 1. The third-order valence-corrected chi connectivity index (χ3v) is 6.37. The predicted molar refractivity (Wildman–Crippen MR) is 103 cm³/mol. The lowest BCUT2D eigenvalue weighted by Gasteiger charge is -2.58. The van der Waals surface area contributed by atoms with Crippen molar-refractivity contribution in [1.29, 1.82) is 0 Å². The number of rotatable bonds is 6. The summed E-state index contributed by atoms with van der Waals surface area (Å²) in [5.74, 6) is -0.489. The van der Waals surface area contributed by atoms with Gasteiger partial charge in [-0.25, -0.2) is 14.8 Å².